The minimum absolute atomic E-state index is 0.437. The van der Waals surface area contributed by atoms with Crippen molar-refractivity contribution in [1.29, 1.82) is 0 Å². The van der Waals surface area contributed by atoms with E-state index in [0.29, 0.717) is 6.04 Å². The molecule has 1 aliphatic rings. The molecule has 3 heteroatoms. The molecular formula is C18H29BrN2. The van der Waals surface area contributed by atoms with Crippen molar-refractivity contribution in [3.63, 3.8) is 0 Å². The van der Waals surface area contributed by atoms with Crippen LogP contribution in [-0.4, -0.2) is 31.6 Å². The average molecular weight is 353 g/mol. The Morgan fingerprint density at radius 2 is 2.00 bits per heavy atom. The van der Waals surface area contributed by atoms with Crippen molar-refractivity contribution in [3.8, 4) is 0 Å². The zero-order valence-electron chi connectivity index (χ0n) is 13.6. The lowest BCUT2D eigenvalue weighted by molar-refractivity contribution is 0.164. The van der Waals surface area contributed by atoms with Crippen molar-refractivity contribution >= 4 is 15.9 Å². The first kappa shape index (κ1) is 17.0. The second-order valence-corrected chi connectivity index (χ2v) is 7.49. The molecule has 1 aliphatic carbocycles. The first-order valence-electron chi connectivity index (χ1n) is 8.23. The molecule has 1 saturated carbocycles. The highest BCUT2D eigenvalue weighted by Gasteiger charge is 2.22. The van der Waals surface area contributed by atoms with Gasteiger partial charge in [-0.25, -0.2) is 0 Å². The molecule has 2 nitrogen and oxygen atoms in total. The van der Waals surface area contributed by atoms with E-state index in [1.165, 1.54) is 31.2 Å². The van der Waals surface area contributed by atoms with Crippen LogP contribution in [0.5, 0.6) is 0 Å². The van der Waals surface area contributed by atoms with Crippen molar-refractivity contribution < 1.29 is 0 Å². The highest BCUT2D eigenvalue weighted by atomic mass is 79.9. The molecule has 1 aromatic rings. The van der Waals surface area contributed by atoms with Gasteiger partial charge in [0.25, 0.3) is 0 Å². The van der Waals surface area contributed by atoms with Crippen molar-refractivity contribution in [3.05, 3.63) is 34.3 Å². The molecule has 1 N–H and O–H groups in total. The molecule has 0 saturated heterocycles. The van der Waals surface area contributed by atoms with Crippen LogP contribution in [0.25, 0.3) is 0 Å². The van der Waals surface area contributed by atoms with E-state index >= 15 is 0 Å². The maximum atomic E-state index is 3.57. The number of nitrogens with zero attached hydrogens (tertiary/aromatic N) is 1. The molecule has 0 heterocycles. The smallest absolute Gasteiger partial charge is 0.0330 e. The Kier molecular flexibility index (Phi) is 6.72. The maximum Gasteiger partial charge on any atom is 0.0330 e. The molecule has 1 aromatic carbocycles. The fourth-order valence-corrected chi connectivity index (χ4v) is 3.82. The summed E-state index contributed by atoms with van der Waals surface area (Å²) in [5, 5.41) is 3.46. The van der Waals surface area contributed by atoms with Crippen LogP contribution in [-0.2, 0) is 0 Å². The Morgan fingerprint density at radius 1 is 1.29 bits per heavy atom. The second-order valence-electron chi connectivity index (χ2n) is 6.58. The van der Waals surface area contributed by atoms with Gasteiger partial charge in [0.2, 0.25) is 0 Å². The van der Waals surface area contributed by atoms with Crippen LogP contribution in [0, 0.1) is 5.92 Å². The van der Waals surface area contributed by atoms with Gasteiger partial charge in [0, 0.05) is 16.6 Å². The predicted octanol–water partition coefficient (Wildman–Crippen LogP) is 4.61. The Labute approximate surface area is 138 Å². The average Bonchev–Trinajstić information content (AvgIpc) is 2.48. The van der Waals surface area contributed by atoms with Gasteiger partial charge in [-0.05, 0) is 76.4 Å². The lowest BCUT2D eigenvalue weighted by atomic mass is 9.86. The molecule has 118 valence electrons. The summed E-state index contributed by atoms with van der Waals surface area (Å²) in [4.78, 5) is 2.58. The highest BCUT2D eigenvalue weighted by Crippen LogP contribution is 2.27. The quantitative estimate of drug-likeness (QED) is 0.803. The van der Waals surface area contributed by atoms with E-state index in [1.807, 2.05) is 0 Å². The summed E-state index contributed by atoms with van der Waals surface area (Å²) in [6, 6.07) is 9.88. The van der Waals surface area contributed by atoms with Crippen molar-refractivity contribution in [1.82, 2.24) is 10.2 Å². The SMILES string of the molecule is CNC(CCN(C)C1CCC(C)CC1)c1cccc(Br)c1. The van der Waals surface area contributed by atoms with Gasteiger partial charge < -0.3 is 10.2 Å². The first-order valence-corrected chi connectivity index (χ1v) is 9.02. The van der Waals surface area contributed by atoms with Crippen LogP contribution >= 0.6 is 15.9 Å². The van der Waals surface area contributed by atoms with Gasteiger partial charge in [-0.2, -0.15) is 0 Å². The van der Waals surface area contributed by atoms with Crippen LogP contribution in [0.3, 0.4) is 0 Å². The van der Waals surface area contributed by atoms with Crippen molar-refractivity contribution in [2.75, 3.05) is 20.6 Å². The van der Waals surface area contributed by atoms with E-state index in [2.05, 4.69) is 71.4 Å². The molecule has 0 bridgehead atoms. The summed E-state index contributed by atoms with van der Waals surface area (Å²) in [5.74, 6) is 0.932. The van der Waals surface area contributed by atoms with E-state index in [-0.39, 0.29) is 0 Å². The molecule has 0 amide bonds. The normalized spacial score (nSPS) is 24.2. The fourth-order valence-electron chi connectivity index (χ4n) is 3.40. The lowest BCUT2D eigenvalue weighted by Crippen LogP contribution is -2.36. The van der Waals surface area contributed by atoms with Gasteiger partial charge >= 0.3 is 0 Å². The zero-order valence-corrected chi connectivity index (χ0v) is 15.2. The summed E-state index contributed by atoms with van der Waals surface area (Å²) in [6.07, 6.45) is 6.71. The van der Waals surface area contributed by atoms with E-state index < -0.39 is 0 Å². The number of halogens is 1. The molecular weight excluding hydrogens is 324 g/mol. The van der Waals surface area contributed by atoms with Crippen LogP contribution < -0.4 is 5.32 Å². The molecule has 0 aliphatic heterocycles. The zero-order chi connectivity index (χ0) is 15.2. The molecule has 1 fully saturated rings. The summed E-state index contributed by atoms with van der Waals surface area (Å²) in [7, 11) is 4.36. The minimum atomic E-state index is 0.437. The van der Waals surface area contributed by atoms with Gasteiger partial charge in [-0.15, -0.1) is 0 Å². The van der Waals surface area contributed by atoms with Crippen molar-refractivity contribution in [2.24, 2.45) is 5.92 Å². The third kappa shape index (κ3) is 5.08. The second kappa shape index (κ2) is 8.30. The Morgan fingerprint density at radius 3 is 2.62 bits per heavy atom. The summed E-state index contributed by atoms with van der Waals surface area (Å²) < 4.78 is 1.16. The molecule has 1 atom stereocenters. The fraction of sp³-hybridized carbons (Fsp3) is 0.667. The summed E-state index contributed by atoms with van der Waals surface area (Å²) in [5.41, 5.74) is 1.37. The van der Waals surface area contributed by atoms with E-state index in [4.69, 9.17) is 0 Å². The standard InChI is InChI=1S/C18H29BrN2/c1-14-7-9-17(10-8-14)21(3)12-11-18(20-2)15-5-4-6-16(19)13-15/h4-6,13-14,17-18,20H,7-12H2,1-3H3. The van der Waals surface area contributed by atoms with Gasteiger partial charge in [0.15, 0.2) is 0 Å². The van der Waals surface area contributed by atoms with E-state index in [9.17, 15) is 0 Å². The number of hydrogen-bond acceptors (Lipinski definition) is 2. The van der Waals surface area contributed by atoms with E-state index in [1.54, 1.807) is 0 Å². The molecule has 21 heavy (non-hydrogen) atoms. The summed E-state index contributed by atoms with van der Waals surface area (Å²) >= 11 is 3.57. The summed E-state index contributed by atoms with van der Waals surface area (Å²) in [6.45, 7) is 3.55. The lowest BCUT2D eigenvalue weighted by Gasteiger charge is -2.34. The first-order chi connectivity index (χ1) is 10.1. The Hall–Kier alpha value is -0.380. The molecule has 0 spiro atoms. The van der Waals surface area contributed by atoms with Gasteiger partial charge in [-0.1, -0.05) is 35.0 Å². The highest BCUT2D eigenvalue weighted by molar-refractivity contribution is 9.10. The number of nitrogens with one attached hydrogen (secondary N) is 1. The third-order valence-corrected chi connectivity index (χ3v) is 5.47. The number of hydrogen-bond donors (Lipinski definition) is 1. The number of rotatable bonds is 6. The molecule has 0 aromatic heterocycles. The Balaban J connectivity index is 1.85. The molecule has 0 radical (unpaired) electrons. The van der Waals surface area contributed by atoms with Crippen LogP contribution in [0.2, 0.25) is 0 Å². The maximum absolute atomic E-state index is 3.57. The molecule has 1 unspecified atom stereocenters. The van der Waals surface area contributed by atoms with Crippen LogP contribution in [0.1, 0.15) is 50.6 Å². The third-order valence-electron chi connectivity index (χ3n) is 4.98. The van der Waals surface area contributed by atoms with Gasteiger partial charge in [0.05, 0.1) is 0 Å². The van der Waals surface area contributed by atoms with Gasteiger partial charge in [-0.3, -0.25) is 0 Å². The number of benzene rings is 1. The minimum Gasteiger partial charge on any atom is -0.313 e. The largest absolute Gasteiger partial charge is 0.313 e. The molecule has 2 rings (SSSR count). The van der Waals surface area contributed by atoms with Crippen LogP contribution in [0.15, 0.2) is 28.7 Å². The monoisotopic (exact) mass is 352 g/mol. The van der Waals surface area contributed by atoms with Crippen molar-refractivity contribution in [2.45, 2.75) is 51.1 Å². The van der Waals surface area contributed by atoms with E-state index in [0.717, 1.165) is 29.4 Å². The van der Waals surface area contributed by atoms with Gasteiger partial charge in [0.1, 0.15) is 0 Å². The Bertz CT molecular complexity index is 427. The predicted molar refractivity (Wildman–Crippen MR) is 94.6 cm³/mol. The van der Waals surface area contributed by atoms with Crippen LogP contribution in [0.4, 0.5) is 0 Å². The topological polar surface area (TPSA) is 15.3 Å².